The second-order valence-electron chi connectivity index (χ2n) is 10.3. The molecule has 0 amide bonds. The Labute approximate surface area is 229 Å². The van der Waals surface area contributed by atoms with Gasteiger partial charge in [0.05, 0.1) is 4.90 Å². The van der Waals surface area contributed by atoms with Gasteiger partial charge in [0.1, 0.15) is 11.6 Å². The van der Waals surface area contributed by atoms with Gasteiger partial charge in [-0.2, -0.15) is 9.29 Å². The molecule has 2 fully saturated rings. The third kappa shape index (κ3) is 7.10. The van der Waals surface area contributed by atoms with Crippen molar-refractivity contribution in [3.63, 3.8) is 0 Å². The number of sulfonamides is 1. The van der Waals surface area contributed by atoms with Crippen molar-refractivity contribution in [3.8, 4) is 0 Å². The fourth-order valence-electron chi connectivity index (χ4n) is 5.21. The number of nitrogens with zero attached hydrogens (tertiary/aromatic N) is 4. The van der Waals surface area contributed by atoms with Crippen molar-refractivity contribution in [1.82, 2.24) is 24.5 Å². The highest BCUT2D eigenvalue weighted by Crippen LogP contribution is 2.27. The van der Waals surface area contributed by atoms with Crippen LogP contribution in [0.3, 0.4) is 0 Å². The van der Waals surface area contributed by atoms with Crippen LogP contribution < -0.4 is 16.0 Å². The van der Waals surface area contributed by atoms with E-state index in [1.165, 1.54) is 12.1 Å². The second-order valence-corrected chi connectivity index (χ2v) is 12.2. The minimum Gasteiger partial charge on any atom is -0.340 e. The van der Waals surface area contributed by atoms with Gasteiger partial charge < -0.3 is 20.9 Å². The molecular weight excluding hydrogens is 517 g/mol. The first-order valence-electron chi connectivity index (χ1n) is 13.5. The highest BCUT2D eigenvalue weighted by Gasteiger charge is 2.33. The van der Waals surface area contributed by atoms with E-state index in [9.17, 15) is 12.8 Å². The fourth-order valence-corrected chi connectivity index (χ4v) is 6.91. The average Bonchev–Trinajstić information content (AvgIpc) is 3.45. The Morgan fingerprint density at radius 1 is 1.00 bits per heavy atom. The van der Waals surface area contributed by atoms with Crippen molar-refractivity contribution in [2.24, 2.45) is 0 Å². The minimum absolute atomic E-state index is 0.00940. The van der Waals surface area contributed by atoms with Crippen LogP contribution in [0, 0.1) is 5.82 Å². The number of halogens is 1. The molecule has 1 aromatic heterocycles. The maximum absolute atomic E-state index is 13.8. The van der Waals surface area contributed by atoms with Crippen molar-refractivity contribution in [3.05, 3.63) is 66.6 Å². The van der Waals surface area contributed by atoms with Crippen LogP contribution >= 0.6 is 0 Å². The van der Waals surface area contributed by atoms with Crippen LogP contribution in [0.15, 0.2) is 65.7 Å². The van der Waals surface area contributed by atoms with Crippen LogP contribution in [0.25, 0.3) is 0 Å². The second kappa shape index (κ2) is 12.4. The lowest BCUT2D eigenvalue weighted by Crippen LogP contribution is -2.47. The lowest BCUT2D eigenvalue weighted by molar-refractivity contribution is 0.179. The summed E-state index contributed by atoms with van der Waals surface area (Å²) >= 11 is 0. The van der Waals surface area contributed by atoms with Gasteiger partial charge in [0.2, 0.25) is 16.0 Å². The first-order valence-corrected chi connectivity index (χ1v) is 15.0. The number of aromatic nitrogens is 2. The molecule has 2 aliphatic heterocycles. The summed E-state index contributed by atoms with van der Waals surface area (Å²) in [5, 5.41) is 9.74. The number of hydrogen-bond donors (Lipinski definition) is 3. The summed E-state index contributed by atoms with van der Waals surface area (Å²) in [5.74, 6) is 0.593. The molecule has 1 unspecified atom stereocenters. The Morgan fingerprint density at radius 3 is 2.38 bits per heavy atom. The third-order valence-electron chi connectivity index (χ3n) is 7.44. The van der Waals surface area contributed by atoms with Crippen molar-refractivity contribution < 1.29 is 12.8 Å². The van der Waals surface area contributed by atoms with Crippen molar-refractivity contribution in [2.45, 2.75) is 49.1 Å². The molecule has 1 atom stereocenters. The van der Waals surface area contributed by atoms with E-state index in [4.69, 9.17) is 0 Å². The summed E-state index contributed by atoms with van der Waals surface area (Å²) in [6, 6.07) is 14.9. The number of rotatable bonds is 10. The van der Waals surface area contributed by atoms with E-state index in [1.54, 1.807) is 53.0 Å². The van der Waals surface area contributed by atoms with Crippen LogP contribution in [0.4, 0.5) is 27.5 Å². The van der Waals surface area contributed by atoms with E-state index in [0.717, 1.165) is 51.7 Å². The maximum Gasteiger partial charge on any atom is 0.243 e. The zero-order chi connectivity index (χ0) is 27.2. The molecule has 3 aromatic rings. The number of likely N-dealkylation sites (tertiary alicyclic amines) is 1. The van der Waals surface area contributed by atoms with Gasteiger partial charge in [-0.3, -0.25) is 0 Å². The SMILES string of the molecule is CN1CCC(N(CCC2CCCN2)S(=O)(=O)c2ccc(Nc3nccc(Nc4ccc(F)cc4)n3)cc2)CC1. The molecule has 2 aliphatic rings. The first kappa shape index (κ1) is 27.4. The Hall–Kier alpha value is -3.12. The van der Waals surface area contributed by atoms with Crippen LogP contribution in [0.5, 0.6) is 0 Å². The van der Waals surface area contributed by atoms with Gasteiger partial charge in [-0.1, -0.05) is 0 Å². The van der Waals surface area contributed by atoms with Gasteiger partial charge >= 0.3 is 0 Å². The Kier molecular flexibility index (Phi) is 8.71. The Morgan fingerprint density at radius 2 is 1.69 bits per heavy atom. The smallest absolute Gasteiger partial charge is 0.243 e. The number of benzene rings is 2. The van der Waals surface area contributed by atoms with Gasteiger partial charge in [-0.05, 0) is 113 Å². The van der Waals surface area contributed by atoms with Crippen molar-refractivity contribution in [1.29, 1.82) is 0 Å². The van der Waals surface area contributed by atoms with Gasteiger partial charge in [-0.25, -0.2) is 17.8 Å². The molecule has 208 valence electrons. The first-order chi connectivity index (χ1) is 18.9. The van der Waals surface area contributed by atoms with Crippen LogP contribution in [-0.2, 0) is 10.0 Å². The van der Waals surface area contributed by atoms with E-state index in [0.29, 0.717) is 40.6 Å². The molecule has 11 heteroatoms. The standard InChI is InChI=1S/C28H36FN7O2S/c1-35-18-14-25(15-19-35)36(20-13-22-3-2-16-30-22)39(37,38)26-10-8-24(9-11-26)33-28-31-17-12-27(34-28)32-23-6-4-21(29)5-7-23/h4-12,17,22,25,30H,2-3,13-16,18-20H2,1H3,(H2,31,32,33,34). The van der Waals surface area contributed by atoms with E-state index in [1.807, 2.05) is 0 Å². The maximum atomic E-state index is 13.8. The number of piperidine rings is 1. The molecule has 39 heavy (non-hydrogen) atoms. The molecule has 3 N–H and O–H groups in total. The molecule has 2 aromatic carbocycles. The molecule has 0 aliphatic carbocycles. The average molecular weight is 554 g/mol. The number of anilines is 4. The summed E-state index contributed by atoms with van der Waals surface area (Å²) in [4.78, 5) is 11.3. The fraction of sp³-hybridized carbons (Fsp3) is 0.429. The number of hydrogen-bond acceptors (Lipinski definition) is 8. The Bertz CT molecular complexity index is 1320. The zero-order valence-electron chi connectivity index (χ0n) is 22.2. The largest absolute Gasteiger partial charge is 0.340 e. The predicted molar refractivity (Wildman–Crippen MR) is 151 cm³/mol. The highest BCUT2D eigenvalue weighted by molar-refractivity contribution is 7.89. The molecule has 0 spiro atoms. The lowest BCUT2D eigenvalue weighted by atomic mass is 10.0. The normalized spacial score (nSPS) is 18.9. The predicted octanol–water partition coefficient (Wildman–Crippen LogP) is 4.33. The summed E-state index contributed by atoms with van der Waals surface area (Å²) in [6.45, 7) is 3.33. The van der Waals surface area contributed by atoms with Crippen molar-refractivity contribution >= 4 is 33.2 Å². The molecule has 9 nitrogen and oxygen atoms in total. The van der Waals surface area contributed by atoms with Crippen molar-refractivity contribution in [2.75, 3.05) is 43.9 Å². The quantitative estimate of drug-likeness (QED) is 0.341. The highest BCUT2D eigenvalue weighted by atomic mass is 32.2. The summed E-state index contributed by atoms with van der Waals surface area (Å²) in [6.07, 6.45) is 6.36. The topological polar surface area (TPSA) is 102 Å². The van der Waals surface area contributed by atoms with E-state index >= 15 is 0 Å². The molecule has 5 rings (SSSR count). The van der Waals surface area contributed by atoms with Crippen LogP contribution in [-0.4, -0.2) is 72.9 Å². The zero-order valence-corrected chi connectivity index (χ0v) is 23.0. The molecule has 0 radical (unpaired) electrons. The van der Waals surface area contributed by atoms with Gasteiger partial charge in [-0.15, -0.1) is 0 Å². The van der Waals surface area contributed by atoms with Crippen LogP contribution in [0.1, 0.15) is 32.1 Å². The van der Waals surface area contributed by atoms with E-state index in [-0.39, 0.29) is 11.9 Å². The van der Waals surface area contributed by atoms with Gasteiger partial charge in [0.25, 0.3) is 0 Å². The molecular formula is C28H36FN7O2S. The molecule has 0 saturated carbocycles. The Balaban J connectivity index is 1.28. The minimum atomic E-state index is -3.65. The number of nitrogens with one attached hydrogen (secondary N) is 3. The summed E-state index contributed by atoms with van der Waals surface area (Å²) < 4.78 is 42.6. The van der Waals surface area contributed by atoms with Crippen LogP contribution in [0.2, 0.25) is 0 Å². The summed E-state index contributed by atoms with van der Waals surface area (Å²) in [7, 11) is -1.57. The lowest BCUT2D eigenvalue weighted by Gasteiger charge is -2.37. The van der Waals surface area contributed by atoms with Gasteiger partial charge in [0.15, 0.2) is 0 Å². The molecule has 2 saturated heterocycles. The monoisotopic (exact) mass is 553 g/mol. The third-order valence-corrected chi connectivity index (χ3v) is 9.41. The van der Waals surface area contributed by atoms with Gasteiger partial charge in [0, 0.05) is 36.2 Å². The van der Waals surface area contributed by atoms with E-state index < -0.39 is 10.0 Å². The molecule has 0 bridgehead atoms. The van der Waals surface area contributed by atoms with E-state index in [2.05, 4.69) is 37.9 Å². The molecule has 3 heterocycles. The summed E-state index contributed by atoms with van der Waals surface area (Å²) in [5.41, 5.74) is 1.38.